The molecule has 2 N–H and O–H groups in total. The van der Waals surface area contributed by atoms with Crippen LogP contribution in [0.2, 0.25) is 6.32 Å². The molecule has 0 spiro atoms. The molecule has 0 saturated carbocycles. The molecular formula is C21H31BFN3O4S. The molecule has 10 heteroatoms. The maximum atomic E-state index is 14.3. The monoisotopic (exact) mass is 451 g/mol. The molecule has 0 bridgehead atoms. The van der Waals surface area contributed by atoms with E-state index in [4.69, 9.17) is 4.74 Å². The number of aliphatic hydroxyl groups excluding tert-OH is 1. The van der Waals surface area contributed by atoms with Crippen molar-refractivity contribution in [1.29, 1.82) is 0 Å². The molecule has 3 atom stereocenters. The standard InChI is InChI=1S/C21H31BFN3O4S/c1-13(27)6-7-24-20-9-14(8-19(23)25-20)15-11-22-18-10-16(30-5)17(12-26(15)18)31(28,29)21(2,3)4/h8-10,13,15,17,27H,6-7,11-12H2,1-5H3,(H,24,25)/t13-,15?,17+/m0/s1. The number of hydrogen-bond donors (Lipinski definition) is 2. The van der Waals surface area contributed by atoms with Gasteiger partial charge in [0.05, 0.1) is 0 Å². The van der Waals surface area contributed by atoms with Crippen molar-refractivity contribution < 1.29 is 22.7 Å². The van der Waals surface area contributed by atoms with Crippen LogP contribution < -0.4 is 5.32 Å². The Hall–Kier alpha value is -1.94. The molecule has 7 nitrogen and oxygen atoms in total. The Morgan fingerprint density at radius 2 is 2.13 bits per heavy atom. The van der Waals surface area contributed by atoms with Crippen LogP contribution >= 0.6 is 0 Å². The Labute approximate surface area is 184 Å². The van der Waals surface area contributed by atoms with Crippen molar-refractivity contribution in [1.82, 2.24) is 9.88 Å². The fraction of sp³-hybridized carbons (Fsp3) is 0.619. The summed E-state index contributed by atoms with van der Waals surface area (Å²) in [5, 5.41) is 11.7. The topological polar surface area (TPSA) is 91.8 Å². The molecule has 0 radical (unpaired) electrons. The van der Waals surface area contributed by atoms with E-state index in [2.05, 4.69) is 10.3 Å². The van der Waals surface area contributed by atoms with E-state index in [0.717, 1.165) is 11.2 Å². The second-order valence-corrected chi connectivity index (χ2v) is 12.0. The summed E-state index contributed by atoms with van der Waals surface area (Å²) in [5.74, 6) is 0.224. The van der Waals surface area contributed by atoms with Crippen molar-refractivity contribution in [3.63, 3.8) is 0 Å². The van der Waals surface area contributed by atoms with Gasteiger partial charge >= 0.3 is 184 Å². The molecule has 1 aromatic rings. The van der Waals surface area contributed by atoms with Crippen molar-refractivity contribution in [3.05, 3.63) is 35.5 Å². The van der Waals surface area contributed by atoms with Gasteiger partial charge < -0.3 is 0 Å². The van der Waals surface area contributed by atoms with Crippen molar-refractivity contribution >= 4 is 28.2 Å². The molecule has 3 rings (SSSR count). The number of rotatable bonds is 7. The maximum absolute atomic E-state index is 14.3. The Balaban J connectivity index is 1.89. The van der Waals surface area contributed by atoms with E-state index in [0.29, 0.717) is 30.9 Å². The van der Waals surface area contributed by atoms with Crippen molar-refractivity contribution in [2.75, 3.05) is 25.5 Å². The summed E-state index contributed by atoms with van der Waals surface area (Å²) in [7, 11) is -2.04. The number of fused-ring (bicyclic) bond motifs is 1. The zero-order chi connectivity index (χ0) is 23.0. The van der Waals surface area contributed by atoms with E-state index >= 15 is 0 Å². The summed E-state index contributed by atoms with van der Waals surface area (Å²) in [6.07, 6.45) is 2.46. The van der Waals surface area contributed by atoms with Crippen LogP contribution in [0.1, 0.15) is 45.7 Å². The summed E-state index contributed by atoms with van der Waals surface area (Å²) in [4.78, 5) is 5.90. The number of nitrogens with one attached hydrogen (secondary N) is 1. The van der Waals surface area contributed by atoms with E-state index in [1.165, 1.54) is 13.2 Å². The van der Waals surface area contributed by atoms with Crippen LogP contribution in [-0.2, 0) is 14.6 Å². The third-order valence-electron chi connectivity index (χ3n) is 5.76. The number of hydrogen-bond acceptors (Lipinski definition) is 7. The minimum absolute atomic E-state index is 0.197. The van der Waals surface area contributed by atoms with E-state index < -0.39 is 31.9 Å². The molecule has 0 fully saturated rings. The van der Waals surface area contributed by atoms with Crippen molar-refractivity contribution in [2.45, 2.75) is 62.6 Å². The first-order chi connectivity index (χ1) is 14.4. The van der Waals surface area contributed by atoms with Gasteiger partial charge in [-0.3, -0.25) is 0 Å². The SMILES string of the molecule is COC1=CC2=BCC(c3cc(F)nc(NCC[C@H](C)O)c3)N2C[C@H]1S(=O)(=O)C(C)(C)C. The average molecular weight is 451 g/mol. The second-order valence-electron chi connectivity index (χ2n) is 9.10. The molecule has 31 heavy (non-hydrogen) atoms. The van der Waals surface area contributed by atoms with Gasteiger partial charge in [0.25, 0.3) is 0 Å². The van der Waals surface area contributed by atoms with Gasteiger partial charge in [-0.25, -0.2) is 0 Å². The number of nitrogens with zero attached hydrogens (tertiary/aromatic N) is 2. The van der Waals surface area contributed by atoms with Crippen LogP contribution in [0.4, 0.5) is 10.2 Å². The molecule has 0 aliphatic carbocycles. The number of sulfone groups is 1. The molecular weight excluding hydrogens is 420 g/mol. The zero-order valence-corrected chi connectivity index (χ0v) is 19.5. The molecule has 1 aromatic heterocycles. The van der Waals surface area contributed by atoms with Gasteiger partial charge in [0.2, 0.25) is 0 Å². The molecule has 0 aromatic carbocycles. The van der Waals surface area contributed by atoms with E-state index in [1.54, 1.807) is 39.8 Å². The van der Waals surface area contributed by atoms with Crippen LogP contribution in [0.3, 0.4) is 0 Å². The third kappa shape index (κ3) is 4.95. The average Bonchev–Trinajstić information content (AvgIpc) is 3.08. The summed E-state index contributed by atoms with van der Waals surface area (Å²) in [5.41, 5.74) is 1.60. The van der Waals surface area contributed by atoms with Gasteiger partial charge in [-0.15, -0.1) is 0 Å². The van der Waals surface area contributed by atoms with Crippen molar-refractivity contribution in [3.8, 4) is 0 Å². The number of halogens is 1. The van der Waals surface area contributed by atoms with Gasteiger partial charge in [-0.05, 0) is 0 Å². The molecule has 1 unspecified atom stereocenters. The number of anilines is 1. The summed E-state index contributed by atoms with van der Waals surface area (Å²) in [6.45, 7) is 9.48. The van der Waals surface area contributed by atoms with Crippen LogP contribution in [0.25, 0.3) is 0 Å². The molecule has 0 saturated heterocycles. The number of methoxy groups -OCH3 is 1. The Morgan fingerprint density at radius 1 is 1.42 bits per heavy atom. The van der Waals surface area contributed by atoms with Gasteiger partial charge in [-0.2, -0.15) is 0 Å². The quantitative estimate of drug-likeness (QED) is 0.485. The van der Waals surface area contributed by atoms with Gasteiger partial charge in [0.15, 0.2) is 0 Å². The van der Waals surface area contributed by atoms with Crippen LogP contribution in [0.15, 0.2) is 24.0 Å². The Kier molecular flexibility index (Phi) is 6.81. The number of aromatic nitrogens is 1. The fourth-order valence-corrected chi connectivity index (χ4v) is 5.61. The summed E-state index contributed by atoms with van der Waals surface area (Å²) < 4.78 is 45.2. The molecule has 170 valence electrons. The van der Waals surface area contributed by atoms with Gasteiger partial charge in [-0.1, -0.05) is 0 Å². The number of pyridine rings is 1. The van der Waals surface area contributed by atoms with Crippen LogP contribution in [0.5, 0.6) is 0 Å². The second kappa shape index (κ2) is 8.90. The Bertz CT molecular complexity index is 989. The summed E-state index contributed by atoms with van der Waals surface area (Å²) >= 11 is 0. The van der Waals surface area contributed by atoms with E-state index in [1.807, 2.05) is 11.8 Å². The summed E-state index contributed by atoms with van der Waals surface area (Å²) in [6, 6.07) is 2.98. The van der Waals surface area contributed by atoms with E-state index in [9.17, 15) is 17.9 Å². The normalized spacial score (nSPS) is 22.2. The number of ether oxygens (including phenoxy) is 1. The van der Waals surface area contributed by atoms with Crippen LogP contribution in [-0.4, -0.2) is 72.2 Å². The minimum atomic E-state index is -3.53. The third-order valence-corrected chi connectivity index (χ3v) is 8.60. The van der Waals surface area contributed by atoms with Gasteiger partial charge in [0.1, 0.15) is 0 Å². The molecule has 2 aliphatic rings. The fourth-order valence-electron chi connectivity index (χ4n) is 3.93. The zero-order valence-electron chi connectivity index (χ0n) is 18.7. The Morgan fingerprint density at radius 3 is 2.74 bits per heavy atom. The molecule has 3 heterocycles. The van der Waals surface area contributed by atoms with Crippen molar-refractivity contribution in [2.24, 2.45) is 0 Å². The first-order valence-corrected chi connectivity index (χ1v) is 12.0. The molecule has 2 aliphatic heterocycles. The first-order valence-electron chi connectivity index (χ1n) is 10.5. The number of aliphatic hydroxyl groups is 1. The van der Waals surface area contributed by atoms with Gasteiger partial charge in [0, 0.05) is 0 Å². The molecule has 0 amide bonds. The van der Waals surface area contributed by atoms with Crippen LogP contribution in [0, 0.1) is 5.95 Å². The first kappa shape index (κ1) is 23.7. The predicted octanol–water partition coefficient (Wildman–Crippen LogP) is 2.14. The van der Waals surface area contributed by atoms with E-state index in [-0.39, 0.29) is 12.6 Å². The predicted molar refractivity (Wildman–Crippen MR) is 122 cm³/mol.